The first-order valence-corrected chi connectivity index (χ1v) is 9.10. The molecule has 1 heterocycles. The maximum Gasteiger partial charge on any atom is 0.273 e. The average molecular weight is 373 g/mol. The summed E-state index contributed by atoms with van der Waals surface area (Å²) < 4.78 is 10.8. The van der Waals surface area contributed by atoms with Crippen LogP contribution in [0.4, 0.5) is 5.69 Å². The van der Waals surface area contributed by atoms with Crippen molar-refractivity contribution in [1.29, 1.82) is 0 Å². The SMILES string of the molecule is CC(C)CNC(=O)c1cc(COc2ccc(NC(=O)CC(C)C)cc2)on1. The van der Waals surface area contributed by atoms with Gasteiger partial charge in [0.15, 0.2) is 11.5 Å². The fourth-order valence-electron chi connectivity index (χ4n) is 2.25. The van der Waals surface area contributed by atoms with E-state index in [9.17, 15) is 9.59 Å². The van der Waals surface area contributed by atoms with Crippen molar-refractivity contribution in [3.63, 3.8) is 0 Å². The van der Waals surface area contributed by atoms with Gasteiger partial charge in [-0.05, 0) is 36.1 Å². The molecule has 7 heteroatoms. The number of hydrogen-bond acceptors (Lipinski definition) is 5. The van der Waals surface area contributed by atoms with Crippen LogP contribution in [0, 0.1) is 11.8 Å². The topological polar surface area (TPSA) is 93.5 Å². The number of aromatic nitrogens is 1. The molecular formula is C20H27N3O4. The lowest BCUT2D eigenvalue weighted by Crippen LogP contribution is -2.27. The van der Waals surface area contributed by atoms with Gasteiger partial charge in [-0.25, -0.2) is 0 Å². The van der Waals surface area contributed by atoms with E-state index in [1.165, 1.54) is 0 Å². The third-order valence-electron chi connectivity index (χ3n) is 3.58. The summed E-state index contributed by atoms with van der Waals surface area (Å²) in [6.07, 6.45) is 0.483. The highest BCUT2D eigenvalue weighted by Crippen LogP contribution is 2.18. The van der Waals surface area contributed by atoms with E-state index in [2.05, 4.69) is 15.8 Å². The number of amides is 2. The van der Waals surface area contributed by atoms with Crippen molar-refractivity contribution in [2.45, 2.75) is 40.7 Å². The largest absolute Gasteiger partial charge is 0.486 e. The molecule has 0 unspecified atom stereocenters. The lowest BCUT2D eigenvalue weighted by molar-refractivity contribution is -0.116. The fourth-order valence-corrected chi connectivity index (χ4v) is 2.25. The monoisotopic (exact) mass is 373 g/mol. The number of carbonyl (C=O) groups excluding carboxylic acids is 2. The van der Waals surface area contributed by atoms with E-state index in [-0.39, 0.29) is 24.1 Å². The molecule has 0 aliphatic rings. The Kier molecular flexibility index (Phi) is 7.40. The molecule has 7 nitrogen and oxygen atoms in total. The van der Waals surface area contributed by atoms with Crippen LogP contribution in [-0.4, -0.2) is 23.5 Å². The van der Waals surface area contributed by atoms with Crippen molar-refractivity contribution in [1.82, 2.24) is 10.5 Å². The van der Waals surface area contributed by atoms with Crippen molar-refractivity contribution in [3.8, 4) is 5.75 Å². The second kappa shape index (κ2) is 9.75. The van der Waals surface area contributed by atoms with E-state index >= 15 is 0 Å². The first-order valence-electron chi connectivity index (χ1n) is 9.10. The number of nitrogens with one attached hydrogen (secondary N) is 2. The summed E-state index contributed by atoms with van der Waals surface area (Å²) in [5, 5.41) is 9.39. The summed E-state index contributed by atoms with van der Waals surface area (Å²) in [6, 6.07) is 8.64. The highest BCUT2D eigenvalue weighted by atomic mass is 16.5. The van der Waals surface area contributed by atoms with E-state index in [0.29, 0.717) is 36.3 Å². The minimum atomic E-state index is -0.264. The highest BCUT2D eigenvalue weighted by molar-refractivity contribution is 5.92. The number of hydrogen-bond donors (Lipinski definition) is 2. The molecule has 2 N–H and O–H groups in total. The molecule has 1 aromatic heterocycles. The van der Waals surface area contributed by atoms with Gasteiger partial charge in [0, 0.05) is 24.7 Å². The Morgan fingerprint density at radius 2 is 1.81 bits per heavy atom. The lowest BCUT2D eigenvalue weighted by atomic mass is 10.1. The van der Waals surface area contributed by atoms with Crippen molar-refractivity contribution >= 4 is 17.5 Å². The number of benzene rings is 1. The molecule has 2 rings (SSSR count). The molecule has 0 bridgehead atoms. The molecule has 146 valence electrons. The van der Waals surface area contributed by atoms with E-state index in [0.717, 1.165) is 5.69 Å². The lowest BCUT2D eigenvalue weighted by Gasteiger charge is -2.08. The standard InChI is InChI=1S/C20H27N3O4/c1-13(2)9-19(24)22-15-5-7-16(8-6-15)26-12-17-10-18(23-27-17)20(25)21-11-14(3)4/h5-8,10,13-14H,9,11-12H2,1-4H3,(H,21,25)(H,22,24). The molecule has 0 spiro atoms. The second-order valence-electron chi connectivity index (χ2n) is 7.24. The summed E-state index contributed by atoms with van der Waals surface area (Å²) >= 11 is 0. The zero-order valence-corrected chi connectivity index (χ0v) is 16.2. The fraction of sp³-hybridized carbons (Fsp3) is 0.450. The van der Waals surface area contributed by atoms with Crippen molar-refractivity contribution in [2.24, 2.45) is 11.8 Å². The third kappa shape index (κ3) is 7.13. The van der Waals surface area contributed by atoms with E-state index in [4.69, 9.17) is 9.26 Å². The summed E-state index contributed by atoms with van der Waals surface area (Å²) in [5.74, 6) is 1.48. The van der Waals surface area contributed by atoms with Crippen molar-refractivity contribution < 1.29 is 18.8 Å². The van der Waals surface area contributed by atoms with Crippen LogP contribution in [0.25, 0.3) is 0 Å². The van der Waals surface area contributed by atoms with Gasteiger partial charge >= 0.3 is 0 Å². The van der Waals surface area contributed by atoms with Crippen LogP contribution >= 0.6 is 0 Å². The Labute approximate surface area is 159 Å². The maximum absolute atomic E-state index is 11.9. The van der Waals surface area contributed by atoms with Gasteiger partial charge in [0.25, 0.3) is 5.91 Å². The predicted octanol–water partition coefficient (Wildman–Crippen LogP) is 3.62. The van der Waals surface area contributed by atoms with Gasteiger partial charge in [-0.1, -0.05) is 32.9 Å². The summed E-state index contributed by atoms with van der Waals surface area (Å²) in [5.41, 5.74) is 0.953. The highest BCUT2D eigenvalue weighted by Gasteiger charge is 2.13. The van der Waals surface area contributed by atoms with Gasteiger partial charge in [0.05, 0.1) is 0 Å². The first-order chi connectivity index (χ1) is 12.8. The van der Waals surface area contributed by atoms with Crippen molar-refractivity contribution in [3.05, 3.63) is 41.8 Å². The Balaban J connectivity index is 1.83. The van der Waals surface area contributed by atoms with Crippen LogP contribution in [0.2, 0.25) is 0 Å². The molecule has 2 amide bonds. The zero-order chi connectivity index (χ0) is 19.8. The molecule has 0 fully saturated rings. The molecule has 2 aromatic rings. The van der Waals surface area contributed by atoms with Gasteiger partial charge in [-0.2, -0.15) is 0 Å². The van der Waals surface area contributed by atoms with Crippen LogP contribution in [-0.2, 0) is 11.4 Å². The Morgan fingerprint density at radius 3 is 2.44 bits per heavy atom. The number of nitrogens with zero attached hydrogens (tertiary/aromatic N) is 1. The molecule has 0 radical (unpaired) electrons. The van der Waals surface area contributed by atoms with Crippen LogP contribution in [0.5, 0.6) is 5.75 Å². The van der Waals surface area contributed by atoms with Gasteiger partial charge in [0.2, 0.25) is 5.91 Å². The minimum absolute atomic E-state index is 0.0106. The molecule has 0 aliphatic carbocycles. The first kappa shape index (κ1) is 20.5. The predicted molar refractivity (Wildman–Crippen MR) is 103 cm³/mol. The van der Waals surface area contributed by atoms with Crippen molar-refractivity contribution in [2.75, 3.05) is 11.9 Å². The van der Waals surface area contributed by atoms with Gasteiger partial charge in [-0.15, -0.1) is 0 Å². The van der Waals surface area contributed by atoms with Gasteiger partial charge in [-0.3, -0.25) is 9.59 Å². The molecular weight excluding hydrogens is 346 g/mol. The molecule has 0 saturated carbocycles. The van der Waals surface area contributed by atoms with Crippen LogP contribution in [0.3, 0.4) is 0 Å². The van der Waals surface area contributed by atoms with E-state index in [1.54, 1.807) is 30.3 Å². The van der Waals surface area contributed by atoms with Crippen LogP contribution in [0.15, 0.2) is 34.9 Å². The van der Waals surface area contributed by atoms with Gasteiger partial charge < -0.3 is 19.9 Å². The average Bonchev–Trinajstić information content (AvgIpc) is 3.07. The van der Waals surface area contributed by atoms with Crippen LogP contribution < -0.4 is 15.4 Å². The van der Waals surface area contributed by atoms with Gasteiger partial charge in [0.1, 0.15) is 12.4 Å². The van der Waals surface area contributed by atoms with Crippen LogP contribution in [0.1, 0.15) is 50.4 Å². The number of anilines is 1. The summed E-state index contributed by atoms with van der Waals surface area (Å²) in [4.78, 5) is 23.7. The number of carbonyl (C=O) groups is 2. The Bertz CT molecular complexity index is 751. The molecule has 0 aliphatic heterocycles. The zero-order valence-electron chi connectivity index (χ0n) is 16.2. The quantitative estimate of drug-likeness (QED) is 0.700. The van der Waals surface area contributed by atoms with E-state index < -0.39 is 0 Å². The number of rotatable bonds is 9. The molecule has 0 atom stereocenters. The Morgan fingerprint density at radius 1 is 1.11 bits per heavy atom. The second-order valence-corrected chi connectivity index (χ2v) is 7.24. The molecule has 27 heavy (non-hydrogen) atoms. The summed E-state index contributed by atoms with van der Waals surface area (Å²) in [6.45, 7) is 8.77. The third-order valence-corrected chi connectivity index (χ3v) is 3.58. The number of ether oxygens (including phenoxy) is 1. The Hall–Kier alpha value is -2.83. The van der Waals surface area contributed by atoms with E-state index in [1.807, 2.05) is 27.7 Å². The normalized spacial score (nSPS) is 10.9. The molecule has 1 aromatic carbocycles. The maximum atomic E-state index is 11.9. The smallest absolute Gasteiger partial charge is 0.273 e. The molecule has 0 saturated heterocycles. The minimum Gasteiger partial charge on any atom is -0.486 e. The summed E-state index contributed by atoms with van der Waals surface area (Å²) in [7, 11) is 0.